The maximum atomic E-state index is 10.5. The first-order valence-electron chi connectivity index (χ1n) is 5.32. The Morgan fingerprint density at radius 2 is 2.22 bits per heavy atom. The molecule has 2 aromatic rings. The smallest absolute Gasteiger partial charge is 0.328 e. The van der Waals surface area contributed by atoms with Gasteiger partial charge < -0.3 is 5.11 Å². The fourth-order valence-electron chi connectivity index (χ4n) is 1.47. The molecule has 0 spiro atoms. The Labute approximate surface area is 104 Å². The second kappa shape index (κ2) is 5.18. The van der Waals surface area contributed by atoms with Crippen LogP contribution < -0.4 is 0 Å². The molecular formula is C13H11N3O2. The van der Waals surface area contributed by atoms with E-state index >= 15 is 0 Å². The number of hydrogen-bond acceptors (Lipinski definition) is 4. The normalized spacial score (nSPS) is 10.7. The summed E-state index contributed by atoms with van der Waals surface area (Å²) >= 11 is 0. The first-order chi connectivity index (χ1) is 8.65. The van der Waals surface area contributed by atoms with Gasteiger partial charge in [-0.2, -0.15) is 0 Å². The Morgan fingerprint density at radius 1 is 1.39 bits per heavy atom. The van der Waals surface area contributed by atoms with Gasteiger partial charge in [-0.1, -0.05) is 0 Å². The molecule has 0 atom stereocenters. The monoisotopic (exact) mass is 241 g/mol. The van der Waals surface area contributed by atoms with Gasteiger partial charge in [-0.05, 0) is 31.2 Å². The molecule has 0 aliphatic rings. The van der Waals surface area contributed by atoms with E-state index in [1.54, 1.807) is 12.4 Å². The highest BCUT2D eigenvalue weighted by Crippen LogP contribution is 2.16. The maximum absolute atomic E-state index is 10.5. The van der Waals surface area contributed by atoms with E-state index in [2.05, 4.69) is 15.0 Å². The first kappa shape index (κ1) is 11.9. The first-order valence-corrected chi connectivity index (χ1v) is 5.32. The third kappa shape index (κ3) is 2.98. The van der Waals surface area contributed by atoms with Gasteiger partial charge in [-0.25, -0.2) is 14.8 Å². The lowest BCUT2D eigenvalue weighted by molar-refractivity contribution is -0.131. The number of nitrogens with zero attached hydrogens (tertiary/aromatic N) is 3. The van der Waals surface area contributed by atoms with Crippen LogP contribution in [0, 0.1) is 6.92 Å². The van der Waals surface area contributed by atoms with Gasteiger partial charge in [0.15, 0.2) is 5.82 Å². The van der Waals surface area contributed by atoms with Crippen molar-refractivity contribution in [1.82, 2.24) is 15.0 Å². The van der Waals surface area contributed by atoms with Crippen LogP contribution in [0.5, 0.6) is 0 Å². The van der Waals surface area contributed by atoms with E-state index in [-0.39, 0.29) is 0 Å². The van der Waals surface area contributed by atoms with Gasteiger partial charge in [-0.15, -0.1) is 0 Å². The van der Waals surface area contributed by atoms with Crippen molar-refractivity contribution in [2.75, 3.05) is 0 Å². The SMILES string of the molecule is Cc1cc(-c2cccnc2)nc(/C=C/C(=O)O)n1. The van der Waals surface area contributed by atoms with Crippen LogP contribution in [-0.2, 0) is 4.79 Å². The molecule has 1 N–H and O–H groups in total. The van der Waals surface area contributed by atoms with Crippen molar-refractivity contribution >= 4 is 12.0 Å². The van der Waals surface area contributed by atoms with Crippen molar-refractivity contribution in [1.29, 1.82) is 0 Å². The summed E-state index contributed by atoms with van der Waals surface area (Å²) in [4.78, 5) is 22.9. The minimum absolute atomic E-state index is 0.372. The Hall–Kier alpha value is -2.56. The van der Waals surface area contributed by atoms with Crippen LogP contribution in [0.15, 0.2) is 36.7 Å². The molecule has 5 nitrogen and oxygen atoms in total. The molecule has 0 unspecified atom stereocenters. The Morgan fingerprint density at radius 3 is 2.89 bits per heavy atom. The van der Waals surface area contributed by atoms with Gasteiger partial charge in [0.05, 0.1) is 5.69 Å². The van der Waals surface area contributed by atoms with Gasteiger partial charge in [0, 0.05) is 29.7 Å². The largest absolute Gasteiger partial charge is 0.478 e. The molecule has 90 valence electrons. The lowest BCUT2D eigenvalue weighted by Gasteiger charge is -2.02. The second-order valence-electron chi connectivity index (χ2n) is 3.67. The zero-order valence-corrected chi connectivity index (χ0v) is 9.74. The van der Waals surface area contributed by atoms with Crippen molar-refractivity contribution in [3.63, 3.8) is 0 Å². The Balaban J connectivity index is 2.41. The summed E-state index contributed by atoms with van der Waals surface area (Å²) in [5, 5.41) is 8.58. The van der Waals surface area contributed by atoms with Crippen molar-refractivity contribution in [2.45, 2.75) is 6.92 Å². The topological polar surface area (TPSA) is 76.0 Å². The van der Waals surface area contributed by atoms with Crippen molar-refractivity contribution < 1.29 is 9.90 Å². The zero-order chi connectivity index (χ0) is 13.0. The molecule has 2 heterocycles. The van der Waals surface area contributed by atoms with Crippen LogP contribution in [0.1, 0.15) is 11.5 Å². The number of carbonyl (C=O) groups is 1. The lowest BCUT2D eigenvalue weighted by atomic mass is 10.2. The third-order valence-corrected chi connectivity index (χ3v) is 2.20. The molecule has 0 amide bonds. The highest BCUT2D eigenvalue weighted by Gasteiger charge is 2.03. The standard InChI is InChI=1S/C13H11N3O2/c1-9-7-11(10-3-2-6-14-8-10)16-12(15-9)4-5-13(17)18/h2-8H,1H3,(H,17,18)/b5-4+. The third-order valence-electron chi connectivity index (χ3n) is 2.20. The van der Waals surface area contributed by atoms with Crippen molar-refractivity contribution in [2.24, 2.45) is 0 Å². The molecule has 0 aliphatic carbocycles. The van der Waals surface area contributed by atoms with Crippen LogP contribution in [0.4, 0.5) is 0 Å². The van der Waals surface area contributed by atoms with Crippen molar-refractivity contribution in [3.8, 4) is 11.3 Å². The fraction of sp³-hybridized carbons (Fsp3) is 0.0769. The second-order valence-corrected chi connectivity index (χ2v) is 3.67. The molecule has 5 heteroatoms. The summed E-state index contributed by atoms with van der Waals surface area (Å²) in [6.45, 7) is 1.83. The van der Waals surface area contributed by atoms with Crippen LogP contribution in [0.2, 0.25) is 0 Å². The van der Waals surface area contributed by atoms with E-state index in [1.807, 2.05) is 25.1 Å². The summed E-state index contributed by atoms with van der Waals surface area (Å²) in [5.41, 5.74) is 2.36. The molecule has 0 aromatic carbocycles. The molecular weight excluding hydrogens is 230 g/mol. The minimum Gasteiger partial charge on any atom is -0.478 e. The zero-order valence-electron chi connectivity index (χ0n) is 9.74. The molecule has 0 fully saturated rings. The van der Waals surface area contributed by atoms with E-state index in [0.717, 1.165) is 23.0 Å². The van der Waals surface area contributed by atoms with Gasteiger partial charge in [0.25, 0.3) is 0 Å². The molecule has 0 saturated heterocycles. The van der Waals surface area contributed by atoms with Gasteiger partial charge in [0.2, 0.25) is 0 Å². The minimum atomic E-state index is -1.02. The van der Waals surface area contributed by atoms with Crippen LogP contribution >= 0.6 is 0 Å². The predicted octanol–water partition coefficient (Wildman–Crippen LogP) is 1.94. The van der Waals surface area contributed by atoms with Crippen LogP contribution in [0.3, 0.4) is 0 Å². The van der Waals surface area contributed by atoms with E-state index in [0.29, 0.717) is 5.82 Å². The number of carboxylic acids is 1. The number of carboxylic acid groups (broad SMARTS) is 1. The van der Waals surface area contributed by atoms with E-state index < -0.39 is 5.97 Å². The lowest BCUT2D eigenvalue weighted by Crippen LogP contribution is -1.95. The number of aryl methyl sites for hydroxylation is 1. The highest BCUT2D eigenvalue weighted by molar-refractivity contribution is 5.84. The number of aromatic nitrogens is 3. The summed E-state index contributed by atoms with van der Waals surface area (Å²) in [5.74, 6) is -0.653. The van der Waals surface area contributed by atoms with E-state index in [1.165, 1.54) is 6.08 Å². The van der Waals surface area contributed by atoms with Crippen LogP contribution in [0.25, 0.3) is 17.3 Å². The summed E-state index contributed by atoms with van der Waals surface area (Å²) in [6, 6.07) is 5.54. The number of pyridine rings is 1. The predicted molar refractivity (Wildman–Crippen MR) is 66.7 cm³/mol. The number of hydrogen-bond donors (Lipinski definition) is 1. The average molecular weight is 241 g/mol. The number of rotatable bonds is 3. The molecule has 0 saturated carbocycles. The van der Waals surface area contributed by atoms with Gasteiger partial charge in [0.1, 0.15) is 0 Å². The van der Waals surface area contributed by atoms with Crippen LogP contribution in [-0.4, -0.2) is 26.0 Å². The van der Waals surface area contributed by atoms with E-state index in [9.17, 15) is 4.79 Å². The molecule has 18 heavy (non-hydrogen) atoms. The molecule has 0 aliphatic heterocycles. The fourth-order valence-corrected chi connectivity index (χ4v) is 1.47. The Kier molecular flexibility index (Phi) is 3.43. The quantitative estimate of drug-likeness (QED) is 0.831. The highest BCUT2D eigenvalue weighted by atomic mass is 16.4. The maximum Gasteiger partial charge on any atom is 0.328 e. The van der Waals surface area contributed by atoms with Gasteiger partial charge >= 0.3 is 5.97 Å². The molecule has 2 aromatic heterocycles. The van der Waals surface area contributed by atoms with Gasteiger partial charge in [-0.3, -0.25) is 4.98 Å². The summed E-state index contributed by atoms with van der Waals surface area (Å²) in [7, 11) is 0. The summed E-state index contributed by atoms with van der Waals surface area (Å²) in [6.07, 6.45) is 5.77. The number of aliphatic carboxylic acids is 1. The van der Waals surface area contributed by atoms with Crippen molar-refractivity contribution in [3.05, 3.63) is 48.2 Å². The average Bonchev–Trinajstić information content (AvgIpc) is 2.37. The molecule has 0 bridgehead atoms. The molecule has 0 radical (unpaired) electrons. The molecule has 2 rings (SSSR count). The summed E-state index contributed by atoms with van der Waals surface area (Å²) < 4.78 is 0. The van der Waals surface area contributed by atoms with E-state index in [4.69, 9.17) is 5.11 Å². The Bertz CT molecular complexity index is 594.